The van der Waals surface area contributed by atoms with E-state index in [1.165, 1.54) is 0 Å². The number of ketones is 1. The largest absolute Gasteiger partial charge is 0.354 e. The zero-order chi connectivity index (χ0) is 16.8. The van der Waals surface area contributed by atoms with Crippen molar-refractivity contribution in [2.24, 2.45) is 0 Å². The minimum absolute atomic E-state index is 0.110. The van der Waals surface area contributed by atoms with Gasteiger partial charge in [0.15, 0.2) is 0 Å². The molecule has 3 aromatic rings. The zero-order valence-electron chi connectivity index (χ0n) is 13.0. The van der Waals surface area contributed by atoms with Gasteiger partial charge < -0.3 is 5.32 Å². The van der Waals surface area contributed by atoms with E-state index in [9.17, 15) is 4.79 Å². The Kier molecular flexibility index (Phi) is 5.14. The Labute approximate surface area is 147 Å². The molecule has 0 aromatic heterocycles. The first kappa shape index (κ1) is 16.1. The molecule has 3 heteroatoms. The highest BCUT2D eigenvalue weighted by Crippen LogP contribution is 2.26. The SMILES string of the molecule is O=C(/C(S)=C(/Nc1ccccc1)c1ccccc1)c1ccccc1. The van der Waals surface area contributed by atoms with Gasteiger partial charge in [0.05, 0.1) is 10.6 Å². The number of para-hydroxylation sites is 1. The molecule has 1 N–H and O–H groups in total. The minimum atomic E-state index is -0.110. The van der Waals surface area contributed by atoms with Gasteiger partial charge in [-0.3, -0.25) is 4.79 Å². The van der Waals surface area contributed by atoms with Crippen LogP contribution in [0, 0.1) is 0 Å². The lowest BCUT2D eigenvalue weighted by atomic mass is 10.1. The smallest absolute Gasteiger partial charge is 0.201 e. The van der Waals surface area contributed by atoms with Crippen LogP contribution in [0.15, 0.2) is 95.9 Å². The Morgan fingerprint density at radius 1 is 0.667 bits per heavy atom. The molecule has 3 rings (SSSR count). The fraction of sp³-hybridized carbons (Fsp3) is 0. The van der Waals surface area contributed by atoms with Gasteiger partial charge in [0.1, 0.15) is 0 Å². The van der Waals surface area contributed by atoms with Gasteiger partial charge in [-0.15, -0.1) is 12.6 Å². The molecule has 0 heterocycles. The third kappa shape index (κ3) is 3.76. The molecular weight excluding hydrogens is 314 g/mol. The average molecular weight is 331 g/mol. The van der Waals surface area contributed by atoms with Gasteiger partial charge in [-0.1, -0.05) is 78.9 Å². The van der Waals surface area contributed by atoms with E-state index in [1.807, 2.05) is 78.9 Å². The third-order valence-corrected chi connectivity index (χ3v) is 4.02. The summed E-state index contributed by atoms with van der Waals surface area (Å²) in [5.41, 5.74) is 3.13. The van der Waals surface area contributed by atoms with Gasteiger partial charge in [0, 0.05) is 11.3 Å². The van der Waals surface area contributed by atoms with Gasteiger partial charge in [-0.05, 0) is 17.7 Å². The molecule has 0 radical (unpaired) electrons. The summed E-state index contributed by atoms with van der Waals surface area (Å²) in [6, 6.07) is 28.7. The predicted molar refractivity (Wildman–Crippen MR) is 103 cm³/mol. The van der Waals surface area contributed by atoms with Crippen LogP contribution >= 0.6 is 12.6 Å². The molecule has 0 saturated heterocycles. The number of carbonyl (C=O) groups is 1. The number of hydrogen-bond donors (Lipinski definition) is 2. The van der Waals surface area contributed by atoms with Crippen molar-refractivity contribution in [3.05, 3.63) is 107 Å². The summed E-state index contributed by atoms with van der Waals surface area (Å²) in [4.78, 5) is 13.2. The van der Waals surface area contributed by atoms with Crippen molar-refractivity contribution in [1.29, 1.82) is 0 Å². The molecule has 0 bridgehead atoms. The van der Waals surface area contributed by atoms with Gasteiger partial charge in [0.25, 0.3) is 0 Å². The second-order valence-electron chi connectivity index (χ2n) is 5.28. The molecule has 0 amide bonds. The summed E-state index contributed by atoms with van der Waals surface area (Å²) < 4.78 is 0. The first-order valence-electron chi connectivity index (χ1n) is 7.66. The van der Waals surface area contributed by atoms with E-state index in [4.69, 9.17) is 0 Å². The standard InChI is InChI=1S/C21H17NOS/c23-20(17-12-6-2-7-13-17)21(24)19(16-10-4-1-5-11-16)22-18-14-8-3-9-15-18/h1-15,22,24H/b21-19-. The topological polar surface area (TPSA) is 29.1 Å². The number of anilines is 1. The Balaban J connectivity index is 2.04. The Morgan fingerprint density at radius 2 is 1.12 bits per heavy atom. The molecule has 0 unspecified atom stereocenters. The van der Waals surface area contributed by atoms with Gasteiger partial charge >= 0.3 is 0 Å². The van der Waals surface area contributed by atoms with Crippen molar-refractivity contribution >= 4 is 29.8 Å². The minimum Gasteiger partial charge on any atom is -0.354 e. The maximum atomic E-state index is 12.8. The number of rotatable bonds is 5. The summed E-state index contributed by atoms with van der Waals surface area (Å²) in [5, 5.41) is 3.33. The summed E-state index contributed by atoms with van der Waals surface area (Å²) >= 11 is 4.54. The first-order valence-corrected chi connectivity index (χ1v) is 8.11. The van der Waals surface area contributed by atoms with Crippen molar-refractivity contribution in [3.8, 4) is 0 Å². The van der Waals surface area contributed by atoms with E-state index in [-0.39, 0.29) is 5.78 Å². The summed E-state index contributed by atoms with van der Waals surface area (Å²) in [6.45, 7) is 0. The summed E-state index contributed by atoms with van der Waals surface area (Å²) in [7, 11) is 0. The van der Waals surface area contributed by atoms with Crippen LogP contribution in [-0.2, 0) is 0 Å². The van der Waals surface area contributed by atoms with E-state index in [0.717, 1.165) is 11.3 Å². The second-order valence-corrected chi connectivity index (χ2v) is 5.72. The Bertz CT molecular complexity index is 843. The highest BCUT2D eigenvalue weighted by atomic mass is 32.1. The van der Waals surface area contributed by atoms with Crippen molar-refractivity contribution in [1.82, 2.24) is 0 Å². The van der Waals surface area contributed by atoms with Gasteiger partial charge in [0.2, 0.25) is 5.78 Å². The fourth-order valence-corrected chi connectivity index (χ4v) is 2.69. The molecule has 3 aromatic carbocycles. The number of benzene rings is 3. The van der Waals surface area contributed by atoms with Crippen LogP contribution in [0.3, 0.4) is 0 Å². The molecular formula is C21H17NOS. The fourth-order valence-electron chi connectivity index (χ4n) is 2.38. The first-order chi connectivity index (χ1) is 11.8. The van der Waals surface area contributed by atoms with Crippen molar-refractivity contribution in [3.63, 3.8) is 0 Å². The zero-order valence-corrected chi connectivity index (χ0v) is 13.9. The molecule has 24 heavy (non-hydrogen) atoms. The van der Waals surface area contributed by atoms with Crippen molar-refractivity contribution < 1.29 is 4.79 Å². The Morgan fingerprint density at radius 3 is 1.67 bits per heavy atom. The molecule has 0 aliphatic heterocycles. The van der Waals surface area contributed by atoms with Crippen LogP contribution in [0.5, 0.6) is 0 Å². The highest BCUT2D eigenvalue weighted by molar-refractivity contribution is 7.86. The van der Waals surface area contributed by atoms with E-state index in [1.54, 1.807) is 12.1 Å². The number of carbonyl (C=O) groups excluding carboxylic acids is 1. The monoisotopic (exact) mass is 331 g/mol. The van der Waals surface area contributed by atoms with Gasteiger partial charge in [-0.2, -0.15) is 0 Å². The second kappa shape index (κ2) is 7.66. The van der Waals surface area contributed by atoms with Crippen molar-refractivity contribution in [2.75, 3.05) is 5.32 Å². The van der Waals surface area contributed by atoms with E-state index in [0.29, 0.717) is 16.2 Å². The van der Waals surface area contributed by atoms with E-state index >= 15 is 0 Å². The van der Waals surface area contributed by atoms with E-state index < -0.39 is 0 Å². The molecule has 2 nitrogen and oxygen atoms in total. The molecule has 0 aliphatic carbocycles. The number of nitrogens with one attached hydrogen (secondary N) is 1. The average Bonchev–Trinajstić information content (AvgIpc) is 2.67. The van der Waals surface area contributed by atoms with Crippen LogP contribution in [-0.4, -0.2) is 5.78 Å². The molecule has 0 atom stereocenters. The van der Waals surface area contributed by atoms with Gasteiger partial charge in [-0.25, -0.2) is 0 Å². The lowest BCUT2D eigenvalue weighted by Gasteiger charge is -2.14. The van der Waals surface area contributed by atoms with Crippen LogP contribution in [0.4, 0.5) is 5.69 Å². The number of thiol groups is 1. The molecule has 0 aliphatic rings. The summed E-state index contributed by atoms with van der Waals surface area (Å²) in [5.74, 6) is -0.110. The molecule has 0 spiro atoms. The molecule has 0 fully saturated rings. The third-order valence-electron chi connectivity index (χ3n) is 3.59. The quantitative estimate of drug-likeness (QED) is 0.378. The normalized spacial score (nSPS) is 11.5. The lowest BCUT2D eigenvalue weighted by Crippen LogP contribution is -2.07. The number of allylic oxidation sites excluding steroid dienone is 1. The number of Topliss-reactive ketones (excluding diaryl/α,β-unsaturated/α-hetero) is 1. The number of hydrogen-bond acceptors (Lipinski definition) is 3. The van der Waals surface area contributed by atoms with E-state index in [2.05, 4.69) is 17.9 Å². The Hall–Kier alpha value is -2.78. The lowest BCUT2D eigenvalue weighted by molar-refractivity contribution is 0.104. The maximum absolute atomic E-state index is 12.8. The van der Waals surface area contributed by atoms with Crippen LogP contribution in [0.2, 0.25) is 0 Å². The maximum Gasteiger partial charge on any atom is 0.201 e. The van der Waals surface area contributed by atoms with Crippen molar-refractivity contribution in [2.45, 2.75) is 0 Å². The highest BCUT2D eigenvalue weighted by Gasteiger charge is 2.15. The predicted octanol–water partition coefficient (Wildman–Crippen LogP) is 5.28. The van der Waals surface area contributed by atoms with Crippen LogP contribution in [0.25, 0.3) is 5.70 Å². The molecule has 0 saturated carbocycles. The van der Waals surface area contributed by atoms with Crippen LogP contribution in [0.1, 0.15) is 15.9 Å². The molecule has 118 valence electrons. The summed E-state index contributed by atoms with van der Waals surface area (Å²) in [6.07, 6.45) is 0. The van der Waals surface area contributed by atoms with Crippen LogP contribution < -0.4 is 5.32 Å².